The van der Waals surface area contributed by atoms with E-state index in [0.717, 1.165) is 13.0 Å². The molecule has 1 aliphatic heterocycles. The van der Waals surface area contributed by atoms with E-state index >= 15 is 0 Å². The van der Waals surface area contributed by atoms with Crippen molar-refractivity contribution in [1.82, 2.24) is 19.9 Å². The van der Waals surface area contributed by atoms with Crippen molar-refractivity contribution in [3.8, 4) is 0 Å². The molecule has 5 nitrogen and oxygen atoms in total. The van der Waals surface area contributed by atoms with Crippen LogP contribution < -0.4 is 0 Å². The third-order valence-corrected chi connectivity index (χ3v) is 6.22. The monoisotopic (exact) mass is 360 g/mol. The Morgan fingerprint density at radius 3 is 2.78 bits per heavy atom. The van der Waals surface area contributed by atoms with Crippen LogP contribution in [0, 0.1) is 5.92 Å². The first-order valence-electron chi connectivity index (χ1n) is 9.99. The molecule has 3 heterocycles. The summed E-state index contributed by atoms with van der Waals surface area (Å²) in [6.07, 6.45) is 11.9. The number of H-pyrrole nitrogens is 1. The van der Waals surface area contributed by atoms with Crippen molar-refractivity contribution in [2.75, 3.05) is 6.54 Å². The molecule has 1 N–H and O–H groups in total. The van der Waals surface area contributed by atoms with Crippen LogP contribution in [0.3, 0.4) is 0 Å². The maximum Gasteiger partial charge on any atom is 0.274 e. The Balaban J connectivity index is 1.60. The van der Waals surface area contributed by atoms with Crippen LogP contribution in [0.15, 0.2) is 42.9 Å². The van der Waals surface area contributed by atoms with Gasteiger partial charge >= 0.3 is 0 Å². The second-order valence-electron chi connectivity index (χ2n) is 7.74. The number of para-hydroxylation sites is 1. The molecule has 5 heteroatoms. The summed E-state index contributed by atoms with van der Waals surface area (Å²) in [5.41, 5.74) is 4.26. The molecule has 1 fully saturated rings. The van der Waals surface area contributed by atoms with Crippen LogP contribution in [0.1, 0.15) is 59.9 Å². The summed E-state index contributed by atoms with van der Waals surface area (Å²) >= 11 is 0. The van der Waals surface area contributed by atoms with Gasteiger partial charge in [-0.3, -0.25) is 9.78 Å². The van der Waals surface area contributed by atoms with Gasteiger partial charge in [-0.15, -0.1) is 0 Å². The number of aromatic nitrogens is 3. The number of rotatable bonds is 2. The van der Waals surface area contributed by atoms with Crippen molar-refractivity contribution >= 4 is 16.8 Å². The lowest BCUT2D eigenvalue weighted by molar-refractivity contribution is 0.0527. The number of amides is 1. The highest BCUT2D eigenvalue weighted by Gasteiger charge is 2.39. The molecule has 3 aromatic rings. The lowest BCUT2D eigenvalue weighted by atomic mass is 9.79. The quantitative estimate of drug-likeness (QED) is 0.742. The van der Waals surface area contributed by atoms with Crippen LogP contribution in [0.5, 0.6) is 0 Å². The van der Waals surface area contributed by atoms with Crippen LogP contribution in [-0.4, -0.2) is 32.3 Å². The predicted octanol–water partition coefficient (Wildman–Crippen LogP) is 4.28. The van der Waals surface area contributed by atoms with E-state index in [1.165, 1.54) is 54.3 Å². The predicted molar refractivity (Wildman–Crippen MR) is 104 cm³/mol. The summed E-state index contributed by atoms with van der Waals surface area (Å²) < 4.78 is 0. The van der Waals surface area contributed by atoms with E-state index in [-0.39, 0.29) is 11.9 Å². The standard InChI is InChI=1S/C22H24N4O/c27-22(19-14-23-11-12-24-19)26-13-10-17-16-8-4-5-9-18(16)25-20(17)21(26)15-6-2-1-3-7-15/h4-5,8-9,11-12,14-15,21,25H,1-3,6-7,10,13H2. The number of fused-ring (bicyclic) bond motifs is 3. The van der Waals surface area contributed by atoms with Crippen molar-refractivity contribution in [1.29, 1.82) is 0 Å². The van der Waals surface area contributed by atoms with Crippen LogP contribution in [0.25, 0.3) is 10.9 Å². The molecular formula is C22H24N4O. The number of nitrogens with zero attached hydrogens (tertiary/aromatic N) is 3. The van der Waals surface area contributed by atoms with Crippen LogP contribution >= 0.6 is 0 Å². The summed E-state index contributed by atoms with van der Waals surface area (Å²) in [6.45, 7) is 0.741. The van der Waals surface area contributed by atoms with Gasteiger partial charge in [0.05, 0.1) is 12.2 Å². The van der Waals surface area contributed by atoms with E-state index in [9.17, 15) is 4.79 Å². The largest absolute Gasteiger partial charge is 0.356 e. The van der Waals surface area contributed by atoms with Crippen molar-refractivity contribution in [2.45, 2.75) is 44.6 Å². The van der Waals surface area contributed by atoms with E-state index in [4.69, 9.17) is 0 Å². The average molecular weight is 360 g/mol. The van der Waals surface area contributed by atoms with Gasteiger partial charge in [0.2, 0.25) is 0 Å². The van der Waals surface area contributed by atoms with Crippen LogP contribution in [0.2, 0.25) is 0 Å². The van der Waals surface area contributed by atoms with E-state index in [0.29, 0.717) is 11.6 Å². The fourth-order valence-electron chi connectivity index (χ4n) is 4.99. The molecule has 0 saturated heterocycles. The fourth-order valence-corrected chi connectivity index (χ4v) is 4.99. The summed E-state index contributed by atoms with van der Waals surface area (Å²) in [4.78, 5) is 27.4. The lowest BCUT2D eigenvalue weighted by Gasteiger charge is -2.41. The molecule has 1 aliphatic carbocycles. The maximum atomic E-state index is 13.3. The second-order valence-corrected chi connectivity index (χ2v) is 7.74. The molecule has 1 saturated carbocycles. The third kappa shape index (κ3) is 2.82. The van der Waals surface area contributed by atoms with Gasteiger partial charge in [0.15, 0.2) is 0 Å². The van der Waals surface area contributed by atoms with E-state index in [2.05, 4.69) is 44.1 Å². The minimum atomic E-state index is 0.00276. The smallest absolute Gasteiger partial charge is 0.274 e. The molecular weight excluding hydrogens is 336 g/mol. The van der Waals surface area contributed by atoms with E-state index in [1.807, 2.05) is 0 Å². The van der Waals surface area contributed by atoms with Gasteiger partial charge in [0, 0.05) is 35.5 Å². The van der Waals surface area contributed by atoms with Crippen LogP contribution in [-0.2, 0) is 6.42 Å². The number of nitrogens with one attached hydrogen (secondary N) is 1. The molecule has 1 atom stereocenters. The van der Waals surface area contributed by atoms with Crippen LogP contribution in [0.4, 0.5) is 0 Å². The van der Waals surface area contributed by atoms with Crippen molar-refractivity contribution in [2.24, 2.45) is 5.92 Å². The summed E-state index contributed by atoms with van der Waals surface area (Å²) in [6, 6.07) is 8.62. The van der Waals surface area contributed by atoms with Crippen molar-refractivity contribution in [3.05, 3.63) is 59.8 Å². The molecule has 0 bridgehead atoms. The normalized spacial score (nSPS) is 20.6. The Morgan fingerprint density at radius 1 is 1.11 bits per heavy atom. The Kier molecular flexibility index (Phi) is 4.15. The SMILES string of the molecule is O=C(c1cnccn1)N1CCc2c([nH]c3ccccc23)C1C1CCCCC1. The van der Waals surface area contributed by atoms with Gasteiger partial charge < -0.3 is 9.88 Å². The molecule has 1 amide bonds. The van der Waals surface area contributed by atoms with Crippen molar-refractivity contribution in [3.63, 3.8) is 0 Å². The summed E-state index contributed by atoms with van der Waals surface area (Å²) in [5, 5.41) is 1.31. The molecule has 2 aliphatic rings. The zero-order valence-corrected chi connectivity index (χ0v) is 15.4. The molecule has 1 unspecified atom stereocenters. The number of hydrogen-bond donors (Lipinski definition) is 1. The minimum absolute atomic E-state index is 0.00276. The third-order valence-electron chi connectivity index (χ3n) is 6.22. The highest BCUT2D eigenvalue weighted by molar-refractivity contribution is 5.93. The number of carbonyl (C=O) groups is 1. The Hall–Kier alpha value is -2.69. The fraction of sp³-hybridized carbons (Fsp3) is 0.409. The minimum Gasteiger partial charge on any atom is -0.356 e. The van der Waals surface area contributed by atoms with Gasteiger partial charge in [-0.2, -0.15) is 0 Å². The first kappa shape index (κ1) is 16.5. The van der Waals surface area contributed by atoms with Gasteiger partial charge in [-0.05, 0) is 36.8 Å². The maximum absolute atomic E-state index is 13.3. The van der Waals surface area contributed by atoms with E-state index < -0.39 is 0 Å². The molecule has 0 radical (unpaired) electrons. The van der Waals surface area contributed by atoms with Gasteiger partial charge in [0.1, 0.15) is 5.69 Å². The number of benzene rings is 1. The molecule has 27 heavy (non-hydrogen) atoms. The molecule has 0 spiro atoms. The Morgan fingerprint density at radius 2 is 1.96 bits per heavy atom. The van der Waals surface area contributed by atoms with Gasteiger partial charge in [0.25, 0.3) is 5.91 Å². The zero-order chi connectivity index (χ0) is 18.2. The highest BCUT2D eigenvalue weighted by Crippen LogP contribution is 2.43. The molecule has 1 aromatic carbocycles. The second kappa shape index (κ2) is 6.80. The van der Waals surface area contributed by atoms with Gasteiger partial charge in [-0.1, -0.05) is 37.5 Å². The van der Waals surface area contributed by atoms with E-state index in [1.54, 1.807) is 18.6 Å². The number of hydrogen-bond acceptors (Lipinski definition) is 3. The highest BCUT2D eigenvalue weighted by atomic mass is 16.2. The first-order valence-corrected chi connectivity index (χ1v) is 9.99. The first-order chi connectivity index (χ1) is 13.3. The summed E-state index contributed by atoms with van der Waals surface area (Å²) in [5.74, 6) is 0.509. The topological polar surface area (TPSA) is 61.9 Å². The Bertz CT molecular complexity index is 959. The lowest BCUT2D eigenvalue weighted by Crippen LogP contribution is -2.44. The number of carbonyl (C=O) groups excluding carboxylic acids is 1. The Labute approximate surface area is 158 Å². The average Bonchev–Trinajstić information content (AvgIpc) is 3.12. The number of aromatic amines is 1. The molecule has 138 valence electrons. The molecule has 2 aromatic heterocycles. The molecule has 5 rings (SSSR count). The summed E-state index contributed by atoms with van der Waals surface area (Å²) in [7, 11) is 0. The van der Waals surface area contributed by atoms with Crippen molar-refractivity contribution < 1.29 is 4.79 Å². The zero-order valence-electron chi connectivity index (χ0n) is 15.4. The van der Waals surface area contributed by atoms with Gasteiger partial charge in [-0.25, -0.2) is 4.98 Å².